The Hall–Kier alpha value is -4.48. The second kappa shape index (κ2) is 13.9. The van der Waals surface area contributed by atoms with E-state index in [0.29, 0.717) is 35.9 Å². The molecule has 3 aromatic carbocycles. The third kappa shape index (κ3) is 8.25. The van der Waals surface area contributed by atoms with Gasteiger partial charge in [0.25, 0.3) is 11.8 Å². The van der Waals surface area contributed by atoms with Crippen molar-refractivity contribution in [3.05, 3.63) is 81.9 Å². The second-order valence-electron chi connectivity index (χ2n) is 8.50. The van der Waals surface area contributed by atoms with Crippen LogP contribution < -0.4 is 24.8 Å². The van der Waals surface area contributed by atoms with Crippen LogP contribution in [0.3, 0.4) is 0 Å². The highest BCUT2D eigenvalue weighted by Gasteiger charge is 2.16. The number of carbonyl (C=O) groups excluding carboxylic acids is 2. The first kappa shape index (κ1) is 29.1. The van der Waals surface area contributed by atoms with Gasteiger partial charge in [0.15, 0.2) is 18.1 Å². The number of aryl methyl sites for hydroxylation is 2. The van der Waals surface area contributed by atoms with Crippen molar-refractivity contribution >= 4 is 40.9 Å². The van der Waals surface area contributed by atoms with Crippen LogP contribution in [0.15, 0.2) is 60.2 Å². The fourth-order valence-corrected chi connectivity index (χ4v) is 3.94. The van der Waals surface area contributed by atoms with Gasteiger partial charge in [0, 0.05) is 11.4 Å². The van der Waals surface area contributed by atoms with Gasteiger partial charge in [0.1, 0.15) is 17.4 Å². The molecule has 0 spiro atoms. The van der Waals surface area contributed by atoms with Crippen LogP contribution in [0.1, 0.15) is 30.5 Å². The first-order valence-electron chi connectivity index (χ1n) is 12.4. The molecule has 2 amide bonds. The molecule has 3 aromatic rings. The first-order valence-corrected chi connectivity index (χ1v) is 12.7. The molecular formula is C30H30ClN3O5. The van der Waals surface area contributed by atoms with Crippen molar-refractivity contribution in [2.75, 3.05) is 30.5 Å². The molecule has 3 rings (SSSR count). The van der Waals surface area contributed by atoms with Crippen LogP contribution in [-0.2, 0) is 9.59 Å². The summed E-state index contributed by atoms with van der Waals surface area (Å²) in [6.45, 7) is 8.10. The number of halogens is 1. The maximum atomic E-state index is 12.7. The highest BCUT2D eigenvalue weighted by atomic mass is 35.5. The van der Waals surface area contributed by atoms with E-state index in [4.69, 9.17) is 25.8 Å². The van der Waals surface area contributed by atoms with Crippen LogP contribution >= 0.6 is 11.6 Å². The molecule has 0 aliphatic carbocycles. The number of benzene rings is 3. The van der Waals surface area contributed by atoms with Crippen molar-refractivity contribution in [2.24, 2.45) is 0 Å². The summed E-state index contributed by atoms with van der Waals surface area (Å²) in [7, 11) is 0. The molecule has 0 fully saturated rings. The lowest BCUT2D eigenvalue weighted by Crippen LogP contribution is -2.21. The lowest BCUT2D eigenvalue weighted by atomic mass is 10.1. The maximum absolute atomic E-state index is 12.7. The minimum absolute atomic E-state index is 0.135. The topological polar surface area (TPSA) is 110 Å². The summed E-state index contributed by atoms with van der Waals surface area (Å²) < 4.78 is 16.8. The van der Waals surface area contributed by atoms with Crippen molar-refractivity contribution in [1.82, 2.24) is 0 Å². The van der Waals surface area contributed by atoms with Gasteiger partial charge in [-0.05, 0) is 87.4 Å². The third-order valence-electron chi connectivity index (χ3n) is 5.43. The summed E-state index contributed by atoms with van der Waals surface area (Å²) in [6, 6.07) is 17.6. The lowest BCUT2D eigenvalue weighted by molar-refractivity contribution is -0.118. The van der Waals surface area contributed by atoms with E-state index in [-0.39, 0.29) is 34.6 Å². The monoisotopic (exact) mass is 547 g/mol. The normalized spacial score (nSPS) is 10.8. The van der Waals surface area contributed by atoms with Gasteiger partial charge in [0.2, 0.25) is 0 Å². The minimum atomic E-state index is -0.584. The van der Waals surface area contributed by atoms with Gasteiger partial charge in [-0.25, -0.2) is 0 Å². The molecule has 0 heterocycles. The van der Waals surface area contributed by atoms with E-state index in [1.54, 1.807) is 37.3 Å². The number of rotatable bonds is 11. The molecule has 8 nitrogen and oxygen atoms in total. The summed E-state index contributed by atoms with van der Waals surface area (Å²) in [4.78, 5) is 25.2. The number of carbonyl (C=O) groups is 2. The van der Waals surface area contributed by atoms with E-state index in [9.17, 15) is 14.9 Å². The van der Waals surface area contributed by atoms with Crippen molar-refractivity contribution in [3.8, 4) is 23.3 Å². The molecule has 0 radical (unpaired) electrons. The van der Waals surface area contributed by atoms with Crippen molar-refractivity contribution in [1.29, 1.82) is 5.26 Å². The Bertz CT molecular complexity index is 1410. The summed E-state index contributed by atoms with van der Waals surface area (Å²) in [5.41, 5.74) is 3.56. The molecule has 0 aromatic heterocycles. The van der Waals surface area contributed by atoms with Crippen molar-refractivity contribution in [3.63, 3.8) is 0 Å². The Morgan fingerprint density at radius 3 is 2.31 bits per heavy atom. The molecule has 0 unspecified atom stereocenters. The number of hydrogen-bond donors (Lipinski definition) is 2. The van der Waals surface area contributed by atoms with Gasteiger partial charge in [-0.2, -0.15) is 5.26 Å². The number of nitrogens with one attached hydrogen (secondary N) is 2. The number of ether oxygens (including phenoxy) is 3. The number of hydrogen-bond acceptors (Lipinski definition) is 6. The Morgan fingerprint density at radius 2 is 1.67 bits per heavy atom. The fourth-order valence-electron chi connectivity index (χ4n) is 3.67. The van der Waals surface area contributed by atoms with Crippen LogP contribution in [0.5, 0.6) is 17.2 Å². The first-order chi connectivity index (χ1) is 18.7. The molecular weight excluding hydrogens is 518 g/mol. The molecule has 39 heavy (non-hydrogen) atoms. The van der Waals surface area contributed by atoms with E-state index in [1.165, 1.54) is 12.1 Å². The Kier molecular flexibility index (Phi) is 10.4. The maximum Gasteiger partial charge on any atom is 0.266 e. The molecule has 0 aliphatic rings. The summed E-state index contributed by atoms with van der Waals surface area (Å²) in [5, 5.41) is 15.3. The predicted molar refractivity (Wildman–Crippen MR) is 152 cm³/mol. The molecule has 0 atom stereocenters. The van der Waals surface area contributed by atoms with Gasteiger partial charge in [-0.1, -0.05) is 29.3 Å². The third-order valence-corrected chi connectivity index (χ3v) is 5.72. The van der Waals surface area contributed by atoms with Gasteiger partial charge in [-0.3, -0.25) is 9.59 Å². The zero-order chi connectivity index (χ0) is 28.4. The standard InChI is InChI=1S/C30H30ClN3O5/c1-5-37-24-10-8-23(9-11-24)33-30(36)22(17-32)14-21-15-25(31)29(27(16-21)38-6-2)39-18-28(35)34-26-12-7-19(3)13-20(26)4/h7-16H,5-6,18H2,1-4H3,(H,33,36)(H,34,35)/b22-14+. The average molecular weight is 548 g/mol. The SMILES string of the molecule is CCOc1ccc(NC(=O)/C(C#N)=C/c2cc(Cl)c(OCC(=O)Nc3ccc(C)cc3C)c(OCC)c2)cc1. The molecule has 0 saturated heterocycles. The van der Waals surface area contributed by atoms with Gasteiger partial charge in [-0.15, -0.1) is 0 Å². The largest absolute Gasteiger partial charge is 0.494 e. The van der Waals surface area contributed by atoms with E-state index in [1.807, 2.05) is 45.0 Å². The molecule has 0 aliphatic heterocycles. The molecule has 0 saturated carbocycles. The Labute approximate surface area is 233 Å². The predicted octanol–water partition coefficient (Wildman–Crippen LogP) is 6.32. The van der Waals surface area contributed by atoms with Crippen molar-refractivity contribution < 1.29 is 23.8 Å². The van der Waals surface area contributed by atoms with E-state index in [2.05, 4.69) is 10.6 Å². The molecule has 2 N–H and O–H groups in total. The van der Waals surface area contributed by atoms with Crippen LogP contribution in [0.25, 0.3) is 6.08 Å². The number of nitriles is 1. The number of amides is 2. The molecule has 202 valence electrons. The Balaban J connectivity index is 1.75. The summed E-state index contributed by atoms with van der Waals surface area (Å²) in [5.74, 6) is 0.194. The van der Waals surface area contributed by atoms with Crippen LogP contribution in [-0.4, -0.2) is 31.6 Å². The lowest BCUT2D eigenvalue weighted by Gasteiger charge is -2.15. The number of nitrogens with zero attached hydrogens (tertiary/aromatic N) is 1. The highest BCUT2D eigenvalue weighted by Crippen LogP contribution is 2.37. The van der Waals surface area contributed by atoms with Crippen molar-refractivity contribution in [2.45, 2.75) is 27.7 Å². The van der Waals surface area contributed by atoms with Crippen LogP contribution in [0.4, 0.5) is 11.4 Å². The minimum Gasteiger partial charge on any atom is -0.494 e. The average Bonchev–Trinajstić information content (AvgIpc) is 2.90. The zero-order valence-electron chi connectivity index (χ0n) is 22.3. The van der Waals surface area contributed by atoms with Crippen LogP contribution in [0.2, 0.25) is 5.02 Å². The number of anilines is 2. The van der Waals surface area contributed by atoms with E-state index >= 15 is 0 Å². The van der Waals surface area contributed by atoms with E-state index in [0.717, 1.165) is 11.1 Å². The van der Waals surface area contributed by atoms with Gasteiger partial charge < -0.3 is 24.8 Å². The van der Waals surface area contributed by atoms with Gasteiger partial charge in [0.05, 0.1) is 18.2 Å². The van der Waals surface area contributed by atoms with E-state index < -0.39 is 5.91 Å². The Morgan fingerprint density at radius 1 is 0.949 bits per heavy atom. The van der Waals surface area contributed by atoms with Gasteiger partial charge >= 0.3 is 0 Å². The summed E-state index contributed by atoms with van der Waals surface area (Å²) in [6.07, 6.45) is 1.40. The second-order valence-corrected chi connectivity index (χ2v) is 8.91. The van der Waals surface area contributed by atoms with Crippen LogP contribution in [0, 0.1) is 25.2 Å². The fraction of sp³-hybridized carbons (Fsp3) is 0.233. The molecule has 0 bridgehead atoms. The quantitative estimate of drug-likeness (QED) is 0.215. The highest BCUT2D eigenvalue weighted by molar-refractivity contribution is 6.32. The zero-order valence-corrected chi connectivity index (χ0v) is 23.0. The molecule has 9 heteroatoms. The smallest absolute Gasteiger partial charge is 0.266 e. The summed E-state index contributed by atoms with van der Waals surface area (Å²) >= 11 is 6.47.